The molecule has 1 fully saturated rings. The molecule has 1 saturated heterocycles. The van der Waals surface area contributed by atoms with E-state index in [0.29, 0.717) is 0 Å². The number of hydrogen-bond acceptors (Lipinski definition) is 9. The van der Waals surface area contributed by atoms with Crippen molar-refractivity contribution in [2.24, 2.45) is 0 Å². The number of phosphoric acid groups is 2. The van der Waals surface area contributed by atoms with Gasteiger partial charge in [-0.3, -0.25) is 13.6 Å². The summed E-state index contributed by atoms with van der Waals surface area (Å²) in [6, 6.07) is 0. The SMILES string of the molecule is CC1OC(COP(=O)(O)OS(=O)(=O)O)[C@@H](OP(=O)(O)O)[C@H]1O. The van der Waals surface area contributed by atoms with E-state index in [1.807, 2.05) is 0 Å². The highest BCUT2D eigenvalue weighted by Crippen LogP contribution is 2.47. The van der Waals surface area contributed by atoms with E-state index in [4.69, 9.17) is 24.0 Å². The molecule has 1 aliphatic heterocycles. The summed E-state index contributed by atoms with van der Waals surface area (Å²) in [4.78, 5) is 26.5. The number of aliphatic hydroxyl groups is 1. The maximum Gasteiger partial charge on any atom is 0.488 e. The molecule has 0 aromatic carbocycles. The summed E-state index contributed by atoms with van der Waals surface area (Å²) >= 11 is 0. The lowest BCUT2D eigenvalue weighted by molar-refractivity contribution is -0.0160. The highest BCUT2D eigenvalue weighted by atomic mass is 32.3. The van der Waals surface area contributed by atoms with Crippen LogP contribution in [-0.2, 0) is 37.3 Å². The van der Waals surface area contributed by atoms with Crippen LogP contribution in [0.5, 0.6) is 0 Å². The molecule has 3 unspecified atom stereocenters. The predicted molar refractivity (Wildman–Crippen MR) is 65.7 cm³/mol. The van der Waals surface area contributed by atoms with E-state index in [1.54, 1.807) is 0 Å². The Hall–Kier alpha value is 0.0500. The van der Waals surface area contributed by atoms with Crippen LogP contribution in [0, 0.1) is 0 Å². The van der Waals surface area contributed by atoms with Gasteiger partial charge in [0.15, 0.2) is 0 Å². The average molecular weight is 388 g/mol. The van der Waals surface area contributed by atoms with E-state index in [9.17, 15) is 22.7 Å². The van der Waals surface area contributed by atoms with E-state index < -0.39 is 57.1 Å². The number of aliphatic hydroxyl groups excluding tert-OH is 1. The summed E-state index contributed by atoms with van der Waals surface area (Å²) in [5.41, 5.74) is 0. The fraction of sp³-hybridized carbons (Fsp3) is 1.00. The van der Waals surface area contributed by atoms with Crippen molar-refractivity contribution in [2.75, 3.05) is 6.61 Å². The Labute approximate surface area is 124 Å². The van der Waals surface area contributed by atoms with Crippen LogP contribution in [0.2, 0.25) is 0 Å². The molecule has 0 radical (unpaired) electrons. The quantitative estimate of drug-likeness (QED) is 0.250. The second kappa shape index (κ2) is 6.89. The molecule has 0 aromatic rings. The topological polar surface area (TPSA) is 206 Å². The van der Waals surface area contributed by atoms with E-state index in [2.05, 4.69) is 13.0 Å². The van der Waals surface area contributed by atoms with Crippen molar-refractivity contribution in [1.29, 1.82) is 0 Å². The first kappa shape index (κ1) is 20.1. The number of phosphoric ester groups is 2. The van der Waals surface area contributed by atoms with Crippen LogP contribution in [0.3, 0.4) is 0 Å². The standard InChI is InChI=1S/C6H14O13P2S/c1-3-5(7)6(18-20(8,9)10)4(17-3)2-16-21(11,12)19-22(13,14)15/h3-7H,2H2,1H3,(H,11,12)(H2,8,9,10)(H,13,14,15)/t3?,4?,5-,6+/m0/s1. The van der Waals surface area contributed by atoms with Crippen LogP contribution in [-0.4, -0.2) is 63.8 Å². The smallest absolute Gasteiger partial charge is 0.388 e. The Morgan fingerprint density at radius 3 is 2.23 bits per heavy atom. The van der Waals surface area contributed by atoms with Gasteiger partial charge in [-0.25, -0.2) is 9.13 Å². The fourth-order valence-electron chi connectivity index (χ4n) is 1.65. The minimum absolute atomic E-state index is 0.921. The van der Waals surface area contributed by atoms with Gasteiger partial charge in [-0.1, -0.05) is 0 Å². The normalized spacial score (nSPS) is 32.8. The third kappa shape index (κ3) is 6.66. The molecule has 16 heteroatoms. The van der Waals surface area contributed by atoms with E-state index in [-0.39, 0.29) is 0 Å². The maximum absolute atomic E-state index is 11.2. The lowest BCUT2D eigenvalue weighted by Gasteiger charge is -2.21. The molecule has 0 amide bonds. The average Bonchev–Trinajstić information content (AvgIpc) is 2.49. The number of rotatable bonds is 7. The van der Waals surface area contributed by atoms with Gasteiger partial charge >= 0.3 is 26.0 Å². The van der Waals surface area contributed by atoms with Crippen LogP contribution >= 0.6 is 15.6 Å². The van der Waals surface area contributed by atoms with Crippen molar-refractivity contribution >= 4 is 26.0 Å². The largest absolute Gasteiger partial charge is 0.488 e. The van der Waals surface area contributed by atoms with E-state index in [1.165, 1.54) is 6.92 Å². The van der Waals surface area contributed by atoms with Gasteiger partial charge in [-0.2, -0.15) is 8.42 Å². The van der Waals surface area contributed by atoms with Gasteiger partial charge in [0.05, 0.1) is 12.7 Å². The number of hydrogen-bond donors (Lipinski definition) is 5. The molecule has 5 atom stereocenters. The van der Waals surface area contributed by atoms with Crippen molar-refractivity contribution in [1.82, 2.24) is 0 Å². The van der Waals surface area contributed by atoms with Gasteiger partial charge in [-0.05, 0) is 6.92 Å². The lowest BCUT2D eigenvalue weighted by atomic mass is 10.1. The summed E-state index contributed by atoms with van der Waals surface area (Å²) in [5.74, 6) is 0. The highest BCUT2D eigenvalue weighted by molar-refractivity contribution is 7.85. The molecule has 1 heterocycles. The number of ether oxygens (including phenoxy) is 1. The molecule has 5 N–H and O–H groups in total. The van der Waals surface area contributed by atoms with Crippen LogP contribution in [0.25, 0.3) is 0 Å². The first-order valence-corrected chi connectivity index (χ1v) is 9.83. The van der Waals surface area contributed by atoms with Crippen LogP contribution < -0.4 is 0 Å². The second-order valence-electron chi connectivity index (χ2n) is 4.20. The van der Waals surface area contributed by atoms with Crippen molar-refractivity contribution in [3.63, 3.8) is 0 Å². The summed E-state index contributed by atoms with van der Waals surface area (Å²) in [5, 5.41) is 9.66. The van der Waals surface area contributed by atoms with Gasteiger partial charge in [0, 0.05) is 0 Å². The Bertz CT molecular complexity index is 581. The van der Waals surface area contributed by atoms with Crippen LogP contribution in [0.1, 0.15) is 6.92 Å². The molecule has 1 aliphatic rings. The van der Waals surface area contributed by atoms with Crippen molar-refractivity contribution in [3.05, 3.63) is 0 Å². The van der Waals surface area contributed by atoms with Gasteiger partial charge < -0.3 is 24.5 Å². The summed E-state index contributed by atoms with van der Waals surface area (Å²) in [7, 11) is -15.5. The molecule has 0 aromatic heterocycles. The molecule has 22 heavy (non-hydrogen) atoms. The molecule has 0 bridgehead atoms. The van der Waals surface area contributed by atoms with Gasteiger partial charge in [0.2, 0.25) is 0 Å². The zero-order chi connectivity index (χ0) is 17.3. The first-order chi connectivity index (χ1) is 9.70. The minimum atomic E-state index is -5.28. The van der Waals surface area contributed by atoms with Crippen LogP contribution in [0.15, 0.2) is 0 Å². The molecule has 0 spiro atoms. The van der Waals surface area contributed by atoms with E-state index >= 15 is 0 Å². The zero-order valence-corrected chi connectivity index (χ0v) is 13.4. The van der Waals surface area contributed by atoms with Gasteiger partial charge in [0.1, 0.15) is 18.3 Å². The molecule has 132 valence electrons. The molecule has 1 rings (SSSR count). The first-order valence-electron chi connectivity index (χ1n) is 5.44. The third-order valence-corrected chi connectivity index (χ3v) is 4.92. The Morgan fingerprint density at radius 1 is 1.23 bits per heavy atom. The minimum Gasteiger partial charge on any atom is -0.388 e. The third-order valence-electron chi connectivity index (χ3n) is 2.42. The molecular weight excluding hydrogens is 374 g/mol. The molecule has 0 saturated carbocycles. The highest BCUT2D eigenvalue weighted by Gasteiger charge is 2.46. The molecule has 13 nitrogen and oxygen atoms in total. The molecular formula is C6H14O13P2S. The van der Waals surface area contributed by atoms with Gasteiger partial charge in [0.25, 0.3) is 0 Å². The Balaban J connectivity index is 2.74. The Morgan fingerprint density at radius 2 is 1.77 bits per heavy atom. The summed E-state index contributed by atoms with van der Waals surface area (Å²) < 4.78 is 67.8. The lowest BCUT2D eigenvalue weighted by Crippen LogP contribution is -2.36. The Kier molecular flexibility index (Phi) is 6.29. The fourth-order valence-corrected chi connectivity index (χ4v) is 3.69. The van der Waals surface area contributed by atoms with Crippen molar-refractivity contribution < 1.29 is 59.6 Å². The summed E-state index contributed by atoms with van der Waals surface area (Å²) in [6.07, 6.45) is -5.46. The zero-order valence-electron chi connectivity index (χ0n) is 10.8. The second-order valence-corrected chi connectivity index (χ2v) is 8.04. The maximum atomic E-state index is 11.2. The summed E-state index contributed by atoms with van der Waals surface area (Å²) in [6.45, 7) is 0.406. The van der Waals surface area contributed by atoms with Gasteiger partial charge in [-0.15, -0.1) is 3.97 Å². The predicted octanol–water partition coefficient (Wildman–Crippen LogP) is -1.45. The monoisotopic (exact) mass is 388 g/mol. The molecule has 0 aliphatic carbocycles. The van der Waals surface area contributed by atoms with Crippen molar-refractivity contribution in [3.8, 4) is 0 Å². The van der Waals surface area contributed by atoms with E-state index in [0.717, 1.165) is 0 Å². The van der Waals surface area contributed by atoms with Crippen molar-refractivity contribution in [2.45, 2.75) is 31.3 Å². The van der Waals surface area contributed by atoms with Crippen LogP contribution in [0.4, 0.5) is 0 Å².